The predicted octanol–water partition coefficient (Wildman–Crippen LogP) is 0.166. The summed E-state index contributed by atoms with van der Waals surface area (Å²) in [5.41, 5.74) is 1.19. The lowest BCUT2D eigenvalue weighted by Crippen LogP contribution is -2.40. The number of nitrogens with zero attached hydrogens (tertiary/aromatic N) is 3. The number of aliphatic hydroxyl groups is 1. The summed E-state index contributed by atoms with van der Waals surface area (Å²) in [5, 5.41) is 14.0. The Morgan fingerprint density at radius 1 is 1.58 bits per heavy atom. The van der Waals surface area contributed by atoms with Gasteiger partial charge in [0.25, 0.3) is 0 Å². The summed E-state index contributed by atoms with van der Waals surface area (Å²) in [7, 11) is 3.21. The third-order valence-electron chi connectivity index (χ3n) is 3.69. The molecule has 1 fully saturated rings. The van der Waals surface area contributed by atoms with Gasteiger partial charge in [-0.15, -0.1) is 0 Å². The van der Waals surface area contributed by atoms with Crippen molar-refractivity contribution in [2.24, 2.45) is 13.0 Å². The standard InChI is InChI=1S/C13H21N3O3/c1-15-8-10(7-14-15)9-16-5-3-11(4-6-16)12(17)13(18)19-2/h7-8,11-12,17H,3-6,9H2,1-2H3. The quantitative estimate of drug-likeness (QED) is 0.787. The summed E-state index contributed by atoms with van der Waals surface area (Å²) in [6.07, 6.45) is 4.53. The molecule has 0 radical (unpaired) electrons. The second kappa shape index (κ2) is 6.16. The Bertz CT molecular complexity index is 425. The number of esters is 1. The maximum absolute atomic E-state index is 11.3. The van der Waals surface area contributed by atoms with Crippen LogP contribution >= 0.6 is 0 Å². The molecule has 2 heterocycles. The molecule has 1 aromatic heterocycles. The minimum absolute atomic E-state index is 0.0117. The molecule has 1 aliphatic rings. The van der Waals surface area contributed by atoms with Crippen LogP contribution in [-0.4, -0.2) is 52.1 Å². The number of aromatic nitrogens is 2. The third kappa shape index (κ3) is 3.54. The van der Waals surface area contributed by atoms with Crippen molar-refractivity contribution in [2.45, 2.75) is 25.5 Å². The van der Waals surface area contributed by atoms with E-state index in [9.17, 15) is 9.90 Å². The smallest absolute Gasteiger partial charge is 0.334 e. The summed E-state index contributed by atoms with van der Waals surface area (Å²) >= 11 is 0. The van der Waals surface area contributed by atoms with E-state index in [0.29, 0.717) is 0 Å². The van der Waals surface area contributed by atoms with E-state index in [1.807, 2.05) is 19.4 Å². The van der Waals surface area contributed by atoms with Gasteiger partial charge in [0.15, 0.2) is 6.10 Å². The van der Waals surface area contributed by atoms with Gasteiger partial charge in [-0.2, -0.15) is 5.10 Å². The zero-order valence-electron chi connectivity index (χ0n) is 11.5. The molecule has 19 heavy (non-hydrogen) atoms. The van der Waals surface area contributed by atoms with Crippen LogP contribution in [-0.2, 0) is 23.1 Å². The number of carbonyl (C=O) groups is 1. The van der Waals surface area contributed by atoms with Crippen molar-refractivity contribution >= 4 is 5.97 Å². The van der Waals surface area contributed by atoms with Crippen LogP contribution < -0.4 is 0 Å². The number of piperidine rings is 1. The van der Waals surface area contributed by atoms with Gasteiger partial charge in [-0.05, 0) is 31.8 Å². The molecular weight excluding hydrogens is 246 g/mol. The molecule has 1 aliphatic heterocycles. The number of carbonyl (C=O) groups excluding carboxylic acids is 1. The molecular formula is C13H21N3O3. The normalized spacial score (nSPS) is 19.3. The van der Waals surface area contributed by atoms with Crippen LogP contribution in [0, 0.1) is 5.92 Å². The van der Waals surface area contributed by atoms with E-state index in [4.69, 9.17) is 0 Å². The van der Waals surface area contributed by atoms with Crippen molar-refractivity contribution in [3.05, 3.63) is 18.0 Å². The monoisotopic (exact) mass is 267 g/mol. The average Bonchev–Trinajstić information content (AvgIpc) is 2.83. The summed E-state index contributed by atoms with van der Waals surface area (Å²) in [6.45, 7) is 2.64. The highest BCUT2D eigenvalue weighted by molar-refractivity contribution is 5.74. The number of likely N-dealkylation sites (tertiary alicyclic amines) is 1. The first-order chi connectivity index (χ1) is 9.10. The third-order valence-corrected chi connectivity index (χ3v) is 3.69. The van der Waals surface area contributed by atoms with Crippen molar-refractivity contribution in [2.75, 3.05) is 20.2 Å². The van der Waals surface area contributed by atoms with Gasteiger partial charge in [0.05, 0.1) is 13.3 Å². The summed E-state index contributed by atoms with van der Waals surface area (Å²) < 4.78 is 6.37. The molecule has 0 amide bonds. The molecule has 0 aromatic carbocycles. The first kappa shape index (κ1) is 14.0. The number of hydrogen-bond donors (Lipinski definition) is 1. The summed E-state index contributed by atoms with van der Waals surface area (Å²) in [6, 6.07) is 0. The minimum atomic E-state index is -0.981. The van der Waals surface area contributed by atoms with Gasteiger partial charge in [-0.3, -0.25) is 9.58 Å². The topological polar surface area (TPSA) is 67.6 Å². The van der Waals surface area contributed by atoms with Gasteiger partial charge in [0.2, 0.25) is 0 Å². The fraction of sp³-hybridized carbons (Fsp3) is 0.692. The number of hydrogen-bond acceptors (Lipinski definition) is 5. The van der Waals surface area contributed by atoms with Crippen LogP contribution in [0.15, 0.2) is 12.4 Å². The molecule has 106 valence electrons. The van der Waals surface area contributed by atoms with Crippen LogP contribution in [0.2, 0.25) is 0 Å². The molecule has 2 rings (SSSR count). The predicted molar refractivity (Wildman–Crippen MR) is 69.2 cm³/mol. The van der Waals surface area contributed by atoms with Crippen molar-refractivity contribution in [3.63, 3.8) is 0 Å². The van der Waals surface area contributed by atoms with Crippen LogP contribution in [0.25, 0.3) is 0 Å². The van der Waals surface area contributed by atoms with Gasteiger partial charge in [-0.25, -0.2) is 4.79 Å². The molecule has 1 N–H and O–H groups in total. The lowest BCUT2D eigenvalue weighted by Gasteiger charge is -2.33. The molecule has 1 saturated heterocycles. The Labute approximate surface area is 113 Å². The lowest BCUT2D eigenvalue weighted by atomic mass is 9.91. The highest BCUT2D eigenvalue weighted by atomic mass is 16.5. The van der Waals surface area contributed by atoms with Gasteiger partial charge in [0, 0.05) is 25.4 Å². The van der Waals surface area contributed by atoms with E-state index < -0.39 is 12.1 Å². The van der Waals surface area contributed by atoms with Crippen molar-refractivity contribution in [1.82, 2.24) is 14.7 Å². The summed E-state index contributed by atoms with van der Waals surface area (Å²) in [5.74, 6) is -0.511. The van der Waals surface area contributed by atoms with Gasteiger partial charge >= 0.3 is 5.97 Å². The van der Waals surface area contributed by atoms with Gasteiger partial charge < -0.3 is 9.84 Å². The van der Waals surface area contributed by atoms with E-state index in [-0.39, 0.29) is 5.92 Å². The molecule has 1 atom stereocenters. The second-order valence-corrected chi connectivity index (χ2v) is 5.10. The van der Waals surface area contributed by atoms with E-state index in [1.54, 1.807) is 4.68 Å². The Kier molecular flexibility index (Phi) is 4.55. The van der Waals surface area contributed by atoms with Crippen molar-refractivity contribution in [1.29, 1.82) is 0 Å². The molecule has 6 nitrogen and oxygen atoms in total. The van der Waals surface area contributed by atoms with Crippen LogP contribution in [0.3, 0.4) is 0 Å². The van der Waals surface area contributed by atoms with Gasteiger partial charge in [-0.1, -0.05) is 0 Å². The van der Waals surface area contributed by atoms with Crippen molar-refractivity contribution < 1.29 is 14.6 Å². The number of aryl methyl sites for hydroxylation is 1. The van der Waals surface area contributed by atoms with E-state index in [2.05, 4.69) is 14.7 Å². The molecule has 1 aromatic rings. The number of rotatable bonds is 4. The molecule has 1 unspecified atom stereocenters. The van der Waals surface area contributed by atoms with Crippen molar-refractivity contribution in [3.8, 4) is 0 Å². The first-order valence-corrected chi connectivity index (χ1v) is 6.56. The number of ether oxygens (including phenoxy) is 1. The molecule has 0 aliphatic carbocycles. The first-order valence-electron chi connectivity index (χ1n) is 6.56. The Morgan fingerprint density at radius 2 is 2.26 bits per heavy atom. The average molecular weight is 267 g/mol. The van der Waals surface area contributed by atoms with E-state index in [0.717, 1.165) is 32.5 Å². The zero-order valence-corrected chi connectivity index (χ0v) is 11.5. The van der Waals surface area contributed by atoms with Crippen LogP contribution in [0.1, 0.15) is 18.4 Å². The Hall–Kier alpha value is -1.40. The maximum Gasteiger partial charge on any atom is 0.334 e. The zero-order chi connectivity index (χ0) is 13.8. The minimum Gasteiger partial charge on any atom is -0.467 e. The highest BCUT2D eigenvalue weighted by Crippen LogP contribution is 2.22. The summed E-state index contributed by atoms with van der Waals surface area (Å²) in [4.78, 5) is 13.6. The Balaban J connectivity index is 1.80. The molecule has 0 spiro atoms. The van der Waals surface area contributed by atoms with Crippen LogP contribution in [0.5, 0.6) is 0 Å². The SMILES string of the molecule is COC(=O)C(O)C1CCN(Cc2cnn(C)c2)CC1. The van der Waals surface area contributed by atoms with Gasteiger partial charge in [0.1, 0.15) is 0 Å². The van der Waals surface area contributed by atoms with E-state index >= 15 is 0 Å². The van der Waals surface area contributed by atoms with Crippen LogP contribution in [0.4, 0.5) is 0 Å². The lowest BCUT2D eigenvalue weighted by molar-refractivity contribution is -0.154. The fourth-order valence-corrected chi connectivity index (χ4v) is 2.55. The maximum atomic E-state index is 11.3. The second-order valence-electron chi connectivity index (χ2n) is 5.10. The Morgan fingerprint density at radius 3 is 2.79 bits per heavy atom. The number of aliphatic hydroxyl groups excluding tert-OH is 1. The molecule has 6 heteroatoms. The largest absolute Gasteiger partial charge is 0.467 e. The number of methoxy groups -OCH3 is 1. The van der Waals surface area contributed by atoms with E-state index in [1.165, 1.54) is 12.7 Å². The molecule has 0 saturated carbocycles. The highest BCUT2D eigenvalue weighted by Gasteiger charge is 2.30. The molecule has 0 bridgehead atoms. The fourth-order valence-electron chi connectivity index (χ4n) is 2.55.